The molecular weight excluding hydrogens is 336 g/mol. The zero-order valence-electron chi connectivity index (χ0n) is 15.5. The molecule has 0 spiro atoms. The molecule has 2 amide bonds. The summed E-state index contributed by atoms with van der Waals surface area (Å²) in [4.78, 5) is 38.5. The lowest BCUT2D eigenvalue weighted by Crippen LogP contribution is -2.48. The molecule has 1 aliphatic carbocycles. The van der Waals surface area contributed by atoms with Gasteiger partial charge >= 0.3 is 5.97 Å². The summed E-state index contributed by atoms with van der Waals surface area (Å²) in [5.74, 6) is -0.676. The van der Waals surface area contributed by atoms with Gasteiger partial charge in [-0.05, 0) is 44.4 Å². The van der Waals surface area contributed by atoms with Crippen LogP contribution in [0.3, 0.4) is 0 Å². The van der Waals surface area contributed by atoms with E-state index in [4.69, 9.17) is 4.74 Å². The maximum absolute atomic E-state index is 12.6. The lowest BCUT2D eigenvalue weighted by Gasteiger charge is -2.34. The van der Waals surface area contributed by atoms with Gasteiger partial charge in [-0.1, -0.05) is 6.92 Å². The highest BCUT2D eigenvalue weighted by Gasteiger charge is 2.42. The predicted octanol–water partition coefficient (Wildman–Crippen LogP) is 1.41. The van der Waals surface area contributed by atoms with Crippen LogP contribution in [0.5, 0.6) is 0 Å². The van der Waals surface area contributed by atoms with Crippen molar-refractivity contribution in [3.8, 4) is 0 Å². The van der Waals surface area contributed by atoms with Gasteiger partial charge in [0.2, 0.25) is 11.8 Å². The molecule has 0 aromatic heterocycles. The molecule has 0 radical (unpaired) electrons. The fourth-order valence-electron chi connectivity index (χ4n) is 4.44. The third-order valence-electron chi connectivity index (χ3n) is 6.46. The summed E-state index contributed by atoms with van der Waals surface area (Å²) >= 11 is 0. The van der Waals surface area contributed by atoms with E-state index in [9.17, 15) is 19.5 Å². The van der Waals surface area contributed by atoms with Crippen molar-refractivity contribution in [3.63, 3.8) is 0 Å². The van der Waals surface area contributed by atoms with E-state index < -0.39 is 11.4 Å². The minimum absolute atomic E-state index is 0.0590. The van der Waals surface area contributed by atoms with Crippen molar-refractivity contribution in [1.29, 1.82) is 0 Å². The third kappa shape index (κ3) is 4.03. The average molecular weight is 366 g/mol. The molecule has 0 bridgehead atoms. The molecule has 2 saturated heterocycles. The number of carbonyl (C=O) groups is 3. The third-order valence-corrected chi connectivity index (χ3v) is 6.46. The van der Waals surface area contributed by atoms with Gasteiger partial charge in [-0.25, -0.2) is 0 Å². The monoisotopic (exact) mass is 366 g/mol. The molecule has 1 saturated carbocycles. The molecule has 26 heavy (non-hydrogen) atoms. The number of aliphatic carboxylic acids is 1. The Hall–Kier alpha value is -1.63. The standard InChI is InChI=1S/C19H30N2O5/c1-13-2-4-15(5-3-13)21-11-14(10-16(21)22)17(23)20-12-19(18(24)25)6-8-26-9-7-19/h13-15H,2-12H2,1H3,(H,20,23)(H,24,25). The van der Waals surface area contributed by atoms with E-state index >= 15 is 0 Å². The number of ether oxygens (including phenoxy) is 1. The number of likely N-dealkylation sites (tertiary alicyclic amines) is 1. The lowest BCUT2D eigenvalue weighted by atomic mass is 9.80. The Morgan fingerprint density at radius 2 is 1.88 bits per heavy atom. The van der Waals surface area contributed by atoms with Gasteiger partial charge in [0, 0.05) is 38.8 Å². The fourth-order valence-corrected chi connectivity index (χ4v) is 4.44. The van der Waals surface area contributed by atoms with Crippen LogP contribution in [-0.2, 0) is 19.1 Å². The molecule has 3 aliphatic rings. The van der Waals surface area contributed by atoms with Gasteiger partial charge in [-0.15, -0.1) is 0 Å². The summed E-state index contributed by atoms with van der Waals surface area (Å²) in [6.45, 7) is 3.62. The van der Waals surface area contributed by atoms with E-state index in [1.807, 2.05) is 4.90 Å². The minimum atomic E-state index is -0.949. The highest BCUT2D eigenvalue weighted by atomic mass is 16.5. The molecule has 3 fully saturated rings. The normalized spacial score (nSPS) is 31.7. The Kier molecular flexibility index (Phi) is 5.85. The summed E-state index contributed by atoms with van der Waals surface area (Å²) in [6, 6.07) is 0.261. The van der Waals surface area contributed by atoms with Gasteiger partial charge in [-0.2, -0.15) is 0 Å². The van der Waals surface area contributed by atoms with E-state index in [1.165, 1.54) is 0 Å². The first-order chi connectivity index (χ1) is 12.4. The van der Waals surface area contributed by atoms with E-state index in [1.54, 1.807) is 0 Å². The van der Waals surface area contributed by atoms with Crippen LogP contribution in [0.1, 0.15) is 51.9 Å². The van der Waals surface area contributed by atoms with Crippen molar-refractivity contribution in [3.05, 3.63) is 0 Å². The van der Waals surface area contributed by atoms with E-state index in [2.05, 4.69) is 12.2 Å². The Labute approximate surface area is 154 Å². The zero-order chi connectivity index (χ0) is 18.7. The second-order valence-electron chi connectivity index (χ2n) is 8.28. The van der Waals surface area contributed by atoms with Gasteiger partial charge < -0.3 is 20.1 Å². The van der Waals surface area contributed by atoms with Crippen LogP contribution in [0.25, 0.3) is 0 Å². The molecule has 7 nitrogen and oxygen atoms in total. The van der Waals surface area contributed by atoms with Crippen LogP contribution in [0.4, 0.5) is 0 Å². The van der Waals surface area contributed by atoms with Crippen LogP contribution >= 0.6 is 0 Å². The van der Waals surface area contributed by atoms with Crippen molar-refractivity contribution >= 4 is 17.8 Å². The largest absolute Gasteiger partial charge is 0.481 e. The number of carbonyl (C=O) groups excluding carboxylic acids is 2. The van der Waals surface area contributed by atoms with E-state index in [0.717, 1.165) is 31.6 Å². The number of hydrogen-bond acceptors (Lipinski definition) is 4. The lowest BCUT2D eigenvalue weighted by molar-refractivity contribution is -0.154. The number of carboxylic acid groups (broad SMARTS) is 1. The summed E-state index contributed by atoms with van der Waals surface area (Å²) in [5, 5.41) is 12.4. The molecule has 2 aliphatic heterocycles. The first-order valence-corrected chi connectivity index (χ1v) is 9.79. The summed E-state index contributed by atoms with van der Waals surface area (Å²) in [7, 11) is 0. The Bertz CT molecular complexity index is 550. The Balaban J connectivity index is 1.53. The first kappa shape index (κ1) is 19.1. The predicted molar refractivity (Wildman–Crippen MR) is 94.4 cm³/mol. The topological polar surface area (TPSA) is 95.9 Å². The number of rotatable bonds is 5. The number of amides is 2. The fraction of sp³-hybridized carbons (Fsp3) is 0.842. The molecule has 0 aromatic carbocycles. The molecule has 1 atom stereocenters. The van der Waals surface area contributed by atoms with E-state index in [-0.39, 0.29) is 36.7 Å². The second-order valence-corrected chi connectivity index (χ2v) is 8.28. The second kappa shape index (κ2) is 7.94. The summed E-state index contributed by atoms with van der Waals surface area (Å²) < 4.78 is 5.26. The molecule has 2 N–H and O–H groups in total. The number of nitrogens with one attached hydrogen (secondary N) is 1. The maximum Gasteiger partial charge on any atom is 0.311 e. The van der Waals surface area contributed by atoms with Crippen LogP contribution in [0.2, 0.25) is 0 Å². The van der Waals surface area contributed by atoms with E-state index in [0.29, 0.717) is 32.6 Å². The first-order valence-electron chi connectivity index (χ1n) is 9.79. The minimum Gasteiger partial charge on any atom is -0.481 e. The Morgan fingerprint density at radius 3 is 2.50 bits per heavy atom. The molecular formula is C19H30N2O5. The molecule has 146 valence electrons. The van der Waals surface area contributed by atoms with Crippen LogP contribution in [0.15, 0.2) is 0 Å². The molecule has 3 rings (SSSR count). The summed E-state index contributed by atoms with van der Waals surface area (Å²) in [6.07, 6.45) is 5.34. The molecule has 2 heterocycles. The van der Waals surface area contributed by atoms with Gasteiger partial charge in [0.15, 0.2) is 0 Å². The number of hydrogen-bond donors (Lipinski definition) is 2. The van der Waals surface area contributed by atoms with Gasteiger partial charge in [0.05, 0.1) is 11.3 Å². The number of carboxylic acids is 1. The van der Waals surface area contributed by atoms with Crippen LogP contribution in [0, 0.1) is 17.3 Å². The van der Waals surface area contributed by atoms with Gasteiger partial charge in [0.25, 0.3) is 0 Å². The van der Waals surface area contributed by atoms with Crippen molar-refractivity contribution in [1.82, 2.24) is 10.2 Å². The van der Waals surface area contributed by atoms with Crippen LogP contribution in [-0.4, -0.2) is 60.1 Å². The van der Waals surface area contributed by atoms with Crippen molar-refractivity contribution < 1.29 is 24.2 Å². The summed E-state index contributed by atoms with van der Waals surface area (Å²) in [5.41, 5.74) is -0.949. The SMILES string of the molecule is CC1CCC(N2CC(C(=O)NCC3(C(=O)O)CCOCC3)CC2=O)CC1. The molecule has 7 heteroatoms. The Morgan fingerprint density at radius 1 is 1.23 bits per heavy atom. The van der Waals surface area contributed by atoms with Crippen molar-refractivity contribution in [2.75, 3.05) is 26.3 Å². The van der Waals surface area contributed by atoms with Gasteiger partial charge in [0.1, 0.15) is 0 Å². The zero-order valence-corrected chi connectivity index (χ0v) is 15.5. The highest BCUT2D eigenvalue weighted by molar-refractivity contribution is 5.89. The van der Waals surface area contributed by atoms with Crippen molar-refractivity contribution in [2.24, 2.45) is 17.3 Å². The quantitative estimate of drug-likeness (QED) is 0.767. The van der Waals surface area contributed by atoms with Gasteiger partial charge in [-0.3, -0.25) is 14.4 Å². The van der Waals surface area contributed by atoms with Crippen molar-refractivity contribution in [2.45, 2.75) is 57.9 Å². The van der Waals surface area contributed by atoms with Crippen LogP contribution < -0.4 is 5.32 Å². The number of nitrogens with zero attached hydrogens (tertiary/aromatic N) is 1. The highest BCUT2D eigenvalue weighted by Crippen LogP contribution is 2.32. The molecule has 1 unspecified atom stereocenters. The maximum atomic E-state index is 12.6. The molecule has 0 aromatic rings. The smallest absolute Gasteiger partial charge is 0.311 e. The average Bonchev–Trinajstić information content (AvgIpc) is 3.03.